The van der Waals surface area contributed by atoms with Gasteiger partial charge in [-0.05, 0) is 41.1 Å². The van der Waals surface area contributed by atoms with Gasteiger partial charge < -0.3 is 4.90 Å². The highest BCUT2D eigenvalue weighted by Gasteiger charge is 2.19. The number of hydrogen-bond acceptors (Lipinski definition) is 1. The highest BCUT2D eigenvalue weighted by molar-refractivity contribution is 14.1. The summed E-state index contributed by atoms with van der Waals surface area (Å²) in [6, 6.07) is 7.57. The number of rotatable bonds is 5. The molecule has 0 saturated heterocycles. The van der Waals surface area contributed by atoms with Crippen molar-refractivity contribution >= 4 is 28.5 Å². The molecule has 1 rings (SSSR count). The minimum absolute atomic E-state index is 0.00370. The lowest BCUT2D eigenvalue weighted by Crippen LogP contribution is -2.35. The second-order valence-electron chi connectivity index (χ2n) is 3.72. The Labute approximate surface area is 116 Å². The van der Waals surface area contributed by atoms with Gasteiger partial charge in [0.2, 0.25) is 0 Å². The maximum absolute atomic E-state index is 12.3. The van der Waals surface area contributed by atoms with E-state index in [1.807, 2.05) is 24.3 Å². The van der Waals surface area contributed by atoms with Crippen LogP contribution in [0.1, 0.15) is 16.8 Å². The molecule has 0 aliphatic rings. The first-order valence-corrected chi connectivity index (χ1v) is 6.44. The van der Waals surface area contributed by atoms with Gasteiger partial charge in [0.05, 0.1) is 11.6 Å². The van der Waals surface area contributed by atoms with Gasteiger partial charge in [-0.25, -0.2) is 0 Å². The van der Waals surface area contributed by atoms with Crippen LogP contribution in [0.4, 0.5) is 0 Å². The Balaban J connectivity index is 2.93. The Hall–Kier alpha value is -1.10. The molecule has 0 saturated carbocycles. The summed E-state index contributed by atoms with van der Waals surface area (Å²) in [5.41, 5.74) is 0.728. The molecule has 0 aliphatic carbocycles. The lowest BCUT2D eigenvalue weighted by Gasteiger charge is -2.25. The highest BCUT2D eigenvalue weighted by atomic mass is 127. The van der Waals surface area contributed by atoms with Crippen LogP contribution in [0.5, 0.6) is 0 Å². The second kappa shape index (κ2) is 6.59. The topological polar surface area (TPSA) is 20.3 Å². The van der Waals surface area contributed by atoms with Crippen LogP contribution in [0.25, 0.3) is 0 Å². The Morgan fingerprint density at radius 1 is 1.47 bits per heavy atom. The number of nitrogens with zero attached hydrogens (tertiary/aromatic N) is 1. The van der Waals surface area contributed by atoms with Crippen LogP contribution >= 0.6 is 22.6 Å². The Morgan fingerprint density at radius 2 is 2.12 bits per heavy atom. The summed E-state index contributed by atoms with van der Waals surface area (Å²) in [4.78, 5) is 14.0. The number of halogens is 1. The van der Waals surface area contributed by atoms with Crippen molar-refractivity contribution in [1.29, 1.82) is 0 Å². The molecule has 0 fully saturated rings. The Kier molecular flexibility index (Phi) is 5.41. The van der Waals surface area contributed by atoms with Crippen molar-refractivity contribution in [2.45, 2.75) is 12.5 Å². The second-order valence-corrected chi connectivity index (χ2v) is 4.89. The van der Waals surface area contributed by atoms with E-state index in [-0.39, 0.29) is 11.9 Å². The quantitative estimate of drug-likeness (QED) is 0.593. The molecule has 1 atom stereocenters. The van der Waals surface area contributed by atoms with Gasteiger partial charge in [0.25, 0.3) is 5.91 Å². The van der Waals surface area contributed by atoms with Crippen LogP contribution in [0.3, 0.4) is 0 Å². The number of carbonyl (C=O) groups excluding carboxylic acids is 1. The van der Waals surface area contributed by atoms with Crippen LogP contribution in [0.15, 0.2) is 49.6 Å². The number of carbonyl (C=O) groups is 1. The van der Waals surface area contributed by atoms with Gasteiger partial charge in [-0.2, -0.15) is 0 Å². The van der Waals surface area contributed by atoms with Crippen LogP contribution in [0, 0.1) is 3.57 Å². The van der Waals surface area contributed by atoms with Crippen molar-refractivity contribution in [3.63, 3.8) is 0 Å². The van der Waals surface area contributed by atoms with Crippen molar-refractivity contribution in [3.8, 4) is 0 Å². The van der Waals surface area contributed by atoms with E-state index in [0.717, 1.165) is 15.6 Å². The van der Waals surface area contributed by atoms with Crippen molar-refractivity contribution < 1.29 is 4.79 Å². The first-order valence-electron chi connectivity index (χ1n) is 5.37. The third kappa shape index (κ3) is 3.43. The van der Waals surface area contributed by atoms with Crippen molar-refractivity contribution in [1.82, 2.24) is 4.90 Å². The Bertz CT molecular complexity index is 428. The van der Waals surface area contributed by atoms with Gasteiger partial charge in [0, 0.05) is 10.6 Å². The fourth-order valence-corrected chi connectivity index (χ4v) is 2.18. The monoisotopic (exact) mass is 341 g/mol. The molecular formula is C14H16INO. The lowest BCUT2D eigenvalue weighted by molar-refractivity contribution is 0.0761. The average molecular weight is 341 g/mol. The number of hydrogen-bond donors (Lipinski definition) is 0. The molecule has 1 aromatic carbocycles. The summed E-state index contributed by atoms with van der Waals surface area (Å²) < 4.78 is 0.961. The molecule has 1 amide bonds. The summed E-state index contributed by atoms with van der Waals surface area (Å²) in [6.45, 7) is 7.45. The van der Waals surface area contributed by atoms with E-state index in [2.05, 4.69) is 35.7 Å². The van der Waals surface area contributed by atoms with Crippen LogP contribution in [-0.2, 0) is 0 Å². The first-order chi connectivity index (χ1) is 8.11. The van der Waals surface area contributed by atoms with Gasteiger partial charge in [-0.1, -0.05) is 24.3 Å². The third-order valence-corrected chi connectivity index (χ3v) is 3.54. The fourth-order valence-electron chi connectivity index (χ4n) is 1.56. The first kappa shape index (κ1) is 14.0. The Morgan fingerprint density at radius 3 is 2.65 bits per heavy atom. The minimum atomic E-state index is -0.00370. The smallest absolute Gasteiger partial charge is 0.255 e. The molecule has 0 bridgehead atoms. The molecule has 1 unspecified atom stereocenters. The van der Waals surface area contributed by atoms with Gasteiger partial charge in [0.1, 0.15) is 0 Å². The molecule has 0 aliphatic heterocycles. The molecule has 1 aromatic rings. The molecule has 0 N–H and O–H groups in total. The van der Waals surface area contributed by atoms with E-state index in [1.165, 1.54) is 0 Å². The SMILES string of the molecule is C=CCC(C=C)N(C)C(=O)c1ccccc1I. The van der Waals surface area contributed by atoms with E-state index in [1.54, 1.807) is 24.1 Å². The highest BCUT2D eigenvalue weighted by Crippen LogP contribution is 2.16. The van der Waals surface area contributed by atoms with E-state index in [9.17, 15) is 4.79 Å². The summed E-state index contributed by atoms with van der Waals surface area (Å²) in [6.07, 6.45) is 4.29. The molecular weight excluding hydrogens is 325 g/mol. The maximum atomic E-state index is 12.3. The van der Waals surface area contributed by atoms with Crippen molar-refractivity contribution in [3.05, 3.63) is 58.7 Å². The van der Waals surface area contributed by atoms with E-state index in [4.69, 9.17) is 0 Å². The summed E-state index contributed by atoms with van der Waals surface area (Å²) in [5.74, 6) is 0.0155. The average Bonchev–Trinajstić information content (AvgIpc) is 2.35. The lowest BCUT2D eigenvalue weighted by atomic mass is 10.1. The molecule has 2 nitrogen and oxygen atoms in total. The molecule has 0 heterocycles. The van der Waals surface area contributed by atoms with Gasteiger partial charge in [-0.15, -0.1) is 13.2 Å². The van der Waals surface area contributed by atoms with Crippen molar-refractivity contribution in [2.75, 3.05) is 7.05 Å². The standard InChI is InChI=1S/C14H16INO/c1-4-8-11(5-2)16(3)14(17)12-9-6-7-10-13(12)15/h4-7,9-11H,1-2,8H2,3H3. The van der Waals surface area contributed by atoms with Crippen LogP contribution in [0.2, 0.25) is 0 Å². The van der Waals surface area contributed by atoms with Gasteiger partial charge in [-0.3, -0.25) is 4.79 Å². The third-order valence-electron chi connectivity index (χ3n) is 2.60. The zero-order valence-electron chi connectivity index (χ0n) is 9.90. The number of benzene rings is 1. The predicted octanol–water partition coefficient (Wildman–Crippen LogP) is 3.49. The van der Waals surface area contributed by atoms with Crippen LogP contribution < -0.4 is 0 Å². The van der Waals surface area contributed by atoms with E-state index < -0.39 is 0 Å². The normalized spacial score (nSPS) is 11.6. The van der Waals surface area contributed by atoms with Gasteiger partial charge >= 0.3 is 0 Å². The molecule has 0 aromatic heterocycles. The zero-order valence-corrected chi connectivity index (χ0v) is 12.1. The van der Waals surface area contributed by atoms with E-state index in [0.29, 0.717) is 0 Å². The summed E-state index contributed by atoms with van der Waals surface area (Å²) in [7, 11) is 1.79. The van der Waals surface area contributed by atoms with Crippen molar-refractivity contribution in [2.24, 2.45) is 0 Å². The number of amides is 1. The molecule has 17 heavy (non-hydrogen) atoms. The molecule has 0 radical (unpaired) electrons. The summed E-state index contributed by atoms with van der Waals surface area (Å²) in [5, 5.41) is 0. The predicted molar refractivity (Wildman–Crippen MR) is 80.1 cm³/mol. The molecule has 3 heteroatoms. The zero-order chi connectivity index (χ0) is 12.8. The van der Waals surface area contributed by atoms with Gasteiger partial charge in [0.15, 0.2) is 0 Å². The fraction of sp³-hybridized carbons (Fsp3) is 0.214. The van der Waals surface area contributed by atoms with Crippen LogP contribution in [-0.4, -0.2) is 23.9 Å². The number of likely N-dealkylation sites (N-methyl/N-ethyl adjacent to an activating group) is 1. The minimum Gasteiger partial charge on any atom is -0.335 e. The summed E-state index contributed by atoms with van der Waals surface area (Å²) >= 11 is 2.17. The molecule has 0 spiro atoms. The largest absolute Gasteiger partial charge is 0.335 e. The maximum Gasteiger partial charge on any atom is 0.255 e. The van der Waals surface area contributed by atoms with E-state index >= 15 is 0 Å². The molecule has 90 valence electrons.